The summed E-state index contributed by atoms with van der Waals surface area (Å²) in [6.07, 6.45) is 0.580. The van der Waals surface area contributed by atoms with Gasteiger partial charge in [0, 0.05) is 0 Å². The number of aldehydes is 1. The van der Waals surface area contributed by atoms with Gasteiger partial charge in [-0.2, -0.15) is 0 Å². The lowest BCUT2D eigenvalue weighted by atomic mass is 9.69. The molecule has 3 nitrogen and oxygen atoms in total. The predicted molar refractivity (Wildman–Crippen MR) is 50.3 cm³/mol. The summed E-state index contributed by atoms with van der Waals surface area (Å²) in [5, 5.41) is 0. The molecule has 0 aromatic heterocycles. The molecular weight excluding hydrogens is 168 g/mol. The second kappa shape index (κ2) is 3.90. The summed E-state index contributed by atoms with van der Waals surface area (Å²) in [4.78, 5) is 21.5. The minimum Gasteiger partial charge on any atom is -0.458 e. The summed E-state index contributed by atoms with van der Waals surface area (Å²) in [7, 11) is 0. The van der Waals surface area contributed by atoms with Crippen molar-refractivity contribution < 1.29 is 14.3 Å². The molecular formula is C10H18O3. The Hall–Kier alpha value is -0.860. The first-order valence-electron chi connectivity index (χ1n) is 4.34. The molecule has 0 rings (SSSR count). The molecule has 0 radical (unpaired) electrons. The minimum atomic E-state index is -0.573. The van der Waals surface area contributed by atoms with E-state index in [1.165, 1.54) is 0 Å². The molecule has 0 atom stereocenters. The fourth-order valence-electron chi connectivity index (χ4n) is 0.596. The summed E-state index contributed by atoms with van der Waals surface area (Å²) < 4.78 is 4.78. The van der Waals surface area contributed by atoms with Crippen LogP contribution in [0.3, 0.4) is 0 Å². The first-order valence-corrected chi connectivity index (χ1v) is 4.34. The number of carbonyl (C=O) groups is 2. The van der Waals surface area contributed by atoms with Crippen molar-refractivity contribution in [3.05, 3.63) is 0 Å². The molecule has 0 spiro atoms. The fourth-order valence-corrected chi connectivity index (χ4v) is 0.596. The fraction of sp³-hybridized carbons (Fsp3) is 0.800. The van der Waals surface area contributed by atoms with Gasteiger partial charge in [-0.25, -0.2) is 0 Å². The standard InChI is InChI=1S/C10H18O3/c1-9(2,3)10(4,5)8(12)13-7-6-11/h6H,7H2,1-5H3. The highest BCUT2D eigenvalue weighted by Crippen LogP contribution is 2.38. The van der Waals surface area contributed by atoms with Crippen molar-refractivity contribution in [3.8, 4) is 0 Å². The van der Waals surface area contributed by atoms with Crippen molar-refractivity contribution >= 4 is 12.3 Å². The third-order valence-electron chi connectivity index (χ3n) is 2.67. The third kappa shape index (κ3) is 2.83. The van der Waals surface area contributed by atoms with Gasteiger partial charge in [0.1, 0.15) is 6.61 Å². The maximum Gasteiger partial charge on any atom is 0.312 e. The van der Waals surface area contributed by atoms with Crippen LogP contribution < -0.4 is 0 Å². The van der Waals surface area contributed by atoms with Gasteiger partial charge in [-0.1, -0.05) is 20.8 Å². The van der Waals surface area contributed by atoms with E-state index in [0.29, 0.717) is 6.29 Å². The zero-order valence-electron chi connectivity index (χ0n) is 9.01. The van der Waals surface area contributed by atoms with E-state index in [9.17, 15) is 9.59 Å². The van der Waals surface area contributed by atoms with Gasteiger partial charge in [0.05, 0.1) is 5.41 Å². The normalized spacial score (nSPS) is 12.4. The Balaban J connectivity index is 4.45. The van der Waals surface area contributed by atoms with Crippen molar-refractivity contribution in [1.82, 2.24) is 0 Å². The van der Waals surface area contributed by atoms with Gasteiger partial charge < -0.3 is 4.74 Å². The van der Waals surface area contributed by atoms with Gasteiger partial charge >= 0.3 is 5.97 Å². The molecule has 0 aliphatic rings. The summed E-state index contributed by atoms with van der Waals surface area (Å²) in [5.74, 6) is -0.327. The van der Waals surface area contributed by atoms with Gasteiger partial charge in [0.25, 0.3) is 0 Å². The molecule has 0 saturated heterocycles. The highest BCUT2D eigenvalue weighted by Gasteiger charge is 2.40. The molecule has 0 aliphatic carbocycles. The van der Waals surface area contributed by atoms with Crippen LogP contribution in [0.4, 0.5) is 0 Å². The number of hydrogen-bond acceptors (Lipinski definition) is 3. The van der Waals surface area contributed by atoms with Gasteiger partial charge in [-0.05, 0) is 19.3 Å². The largest absolute Gasteiger partial charge is 0.458 e. The highest BCUT2D eigenvalue weighted by atomic mass is 16.5. The summed E-state index contributed by atoms with van der Waals surface area (Å²) in [6, 6.07) is 0. The lowest BCUT2D eigenvalue weighted by Gasteiger charge is -2.35. The number of hydrogen-bond donors (Lipinski definition) is 0. The van der Waals surface area contributed by atoms with Crippen LogP contribution in [0.5, 0.6) is 0 Å². The molecule has 0 amide bonds. The van der Waals surface area contributed by atoms with Gasteiger partial charge in [-0.15, -0.1) is 0 Å². The van der Waals surface area contributed by atoms with Crippen molar-refractivity contribution in [2.24, 2.45) is 10.8 Å². The van der Waals surface area contributed by atoms with Gasteiger partial charge in [0.15, 0.2) is 6.29 Å². The van der Waals surface area contributed by atoms with Crippen LogP contribution in [0.2, 0.25) is 0 Å². The molecule has 0 saturated carbocycles. The topological polar surface area (TPSA) is 43.4 Å². The molecule has 0 heterocycles. The van der Waals surface area contributed by atoms with Crippen LogP contribution in [-0.4, -0.2) is 18.9 Å². The second-order valence-electron chi connectivity index (χ2n) is 4.64. The summed E-state index contributed by atoms with van der Waals surface area (Å²) in [5.41, 5.74) is -0.747. The zero-order valence-corrected chi connectivity index (χ0v) is 9.01. The van der Waals surface area contributed by atoms with E-state index in [-0.39, 0.29) is 18.0 Å². The predicted octanol–water partition coefficient (Wildman–Crippen LogP) is 1.80. The third-order valence-corrected chi connectivity index (χ3v) is 2.67. The van der Waals surface area contributed by atoms with Crippen LogP contribution in [-0.2, 0) is 14.3 Å². The maximum atomic E-state index is 11.5. The molecule has 0 bridgehead atoms. The Morgan fingerprint density at radius 1 is 1.23 bits per heavy atom. The van der Waals surface area contributed by atoms with Crippen LogP contribution >= 0.6 is 0 Å². The van der Waals surface area contributed by atoms with E-state index >= 15 is 0 Å². The summed E-state index contributed by atoms with van der Waals surface area (Å²) in [6.45, 7) is 9.39. The van der Waals surface area contributed by atoms with Crippen LogP contribution in [0.15, 0.2) is 0 Å². The average molecular weight is 186 g/mol. The quantitative estimate of drug-likeness (QED) is 0.498. The second-order valence-corrected chi connectivity index (χ2v) is 4.64. The van der Waals surface area contributed by atoms with Gasteiger partial charge in [-0.3, -0.25) is 9.59 Å². The molecule has 0 aliphatic heterocycles. The van der Waals surface area contributed by atoms with E-state index in [1.807, 2.05) is 34.6 Å². The first-order chi connectivity index (χ1) is 5.73. The Morgan fingerprint density at radius 3 is 2.00 bits per heavy atom. The van der Waals surface area contributed by atoms with E-state index in [2.05, 4.69) is 0 Å². The van der Waals surface area contributed by atoms with Crippen molar-refractivity contribution in [2.75, 3.05) is 6.61 Å². The van der Waals surface area contributed by atoms with Crippen molar-refractivity contribution in [1.29, 1.82) is 0 Å². The molecule has 0 fully saturated rings. The molecule has 3 heteroatoms. The maximum absolute atomic E-state index is 11.5. The number of rotatable bonds is 3. The van der Waals surface area contributed by atoms with Crippen LogP contribution in [0.1, 0.15) is 34.6 Å². The van der Waals surface area contributed by atoms with E-state index in [0.717, 1.165) is 0 Å². The number of ether oxygens (including phenoxy) is 1. The van der Waals surface area contributed by atoms with E-state index < -0.39 is 5.41 Å². The Morgan fingerprint density at radius 2 is 1.69 bits per heavy atom. The first kappa shape index (κ1) is 12.1. The van der Waals surface area contributed by atoms with E-state index in [4.69, 9.17) is 4.74 Å². The summed E-state index contributed by atoms with van der Waals surface area (Å²) >= 11 is 0. The van der Waals surface area contributed by atoms with Crippen LogP contribution in [0, 0.1) is 10.8 Å². The van der Waals surface area contributed by atoms with Crippen molar-refractivity contribution in [3.63, 3.8) is 0 Å². The Labute approximate surface area is 79.5 Å². The number of esters is 1. The molecule has 0 unspecified atom stereocenters. The molecule has 0 aromatic rings. The zero-order chi connectivity index (χ0) is 10.7. The lowest BCUT2D eigenvalue weighted by molar-refractivity contribution is -0.161. The van der Waals surface area contributed by atoms with E-state index in [1.54, 1.807) is 0 Å². The Kier molecular flexibility index (Phi) is 3.64. The smallest absolute Gasteiger partial charge is 0.312 e. The molecule has 0 aromatic carbocycles. The number of carbonyl (C=O) groups excluding carboxylic acids is 2. The monoisotopic (exact) mass is 186 g/mol. The molecule has 76 valence electrons. The molecule has 13 heavy (non-hydrogen) atoms. The van der Waals surface area contributed by atoms with Crippen LogP contribution in [0.25, 0.3) is 0 Å². The SMILES string of the molecule is CC(C)(C)C(C)(C)C(=O)OCC=O. The van der Waals surface area contributed by atoms with Gasteiger partial charge in [0.2, 0.25) is 0 Å². The van der Waals surface area contributed by atoms with Crippen molar-refractivity contribution in [2.45, 2.75) is 34.6 Å². The average Bonchev–Trinajstić information content (AvgIpc) is 1.97. The Bertz CT molecular complexity index is 199. The molecule has 0 N–H and O–H groups in total. The lowest BCUT2D eigenvalue weighted by Crippen LogP contribution is -2.39. The highest BCUT2D eigenvalue weighted by molar-refractivity contribution is 5.78. The minimum absolute atomic E-state index is 0.154.